The van der Waals surface area contributed by atoms with Crippen molar-refractivity contribution < 1.29 is 22.4 Å². The van der Waals surface area contributed by atoms with E-state index in [0.29, 0.717) is 11.4 Å². The first kappa shape index (κ1) is 19.3. The van der Waals surface area contributed by atoms with E-state index in [1.165, 1.54) is 41.3 Å². The number of nitrogens with zero attached hydrogens (tertiary/aromatic N) is 1. The van der Waals surface area contributed by atoms with Crippen molar-refractivity contribution in [1.29, 1.82) is 0 Å². The number of benzene rings is 2. The number of anilines is 2. The van der Waals surface area contributed by atoms with Crippen molar-refractivity contribution >= 4 is 44.8 Å². The summed E-state index contributed by atoms with van der Waals surface area (Å²) in [5, 5.41) is 7.55. The average Bonchev–Trinajstić information content (AvgIpc) is 2.99. The zero-order valence-corrected chi connectivity index (χ0v) is 15.4. The predicted molar refractivity (Wildman–Crippen MR) is 98.3 cm³/mol. The quantitative estimate of drug-likeness (QED) is 0.802. The molecule has 1 unspecified atom stereocenters. The highest BCUT2D eigenvalue weighted by Crippen LogP contribution is 2.29. The van der Waals surface area contributed by atoms with Gasteiger partial charge in [-0.2, -0.15) is 0 Å². The molecule has 1 fully saturated rings. The van der Waals surface area contributed by atoms with Crippen molar-refractivity contribution in [2.75, 3.05) is 16.8 Å². The van der Waals surface area contributed by atoms with E-state index in [-0.39, 0.29) is 34.7 Å². The lowest BCUT2D eigenvalue weighted by Gasteiger charge is -2.17. The summed E-state index contributed by atoms with van der Waals surface area (Å²) in [4.78, 5) is 25.9. The minimum Gasteiger partial charge on any atom is -0.326 e. The lowest BCUT2D eigenvalue weighted by molar-refractivity contribution is -0.122. The number of primary sulfonamides is 1. The number of carbonyl (C=O) groups is 2. The van der Waals surface area contributed by atoms with Gasteiger partial charge >= 0.3 is 0 Å². The normalized spacial score (nSPS) is 17.2. The van der Waals surface area contributed by atoms with Gasteiger partial charge in [0.05, 0.1) is 15.8 Å². The van der Waals surface area contributed by atoms with Gasteiger partial charge in [0.15, 0.2) is 0 Å². The molecule has 0 radical (unpaired) electrons. The van der Waals surface area contributed by atoms with Crippen molar-refractivity contribution in [3.05, 3.63) is 53.3 Å². The standard InChI is InChI=1S/C17H15ClFN3O4S/c18-14-8-12(3-6-15(14)19)22-9-10(7-16(22)23)17(24)21-11-1-4-13(5-2-11)27(20,25)26/h1-6,8,10H,7,9H2,(H,21,24)(H2,20,25,26). The van der Waals surface area contributed by atoms with E-state index in [0.717, 1.165) is 6.07 Å². The summed E-state index contributed by atoms with van der Waals surface area (Å²) < 4.78 is 35.8. The van der Waals surface area contributed by atoms with Gasteiger partial charge in [0.2, 0.25) is 21.8 Å². The molecular formula is C17H15ClFN3O4S. The van der Waals surface area contributed by atoms with Crippen molar-refractivity contribution in [3.63, 3.8) is 0 Å². The molecule has 3 N–H and O–H groups in total. The second-order valence-corrected chi connectivity index (χ2v) is 8.03. The number of hydrogen-bond acceptors (Lipinski definition) is 4. The zero-order chi connectivity index (χ0) is 19.8. The van der Waals surface area contributed by atoms with E-state index in [2.05, 4.69) is 5.32 Å². The van der Waals surface area contributed by atoms with Crippen LogP contribution < -0.4 is 15.4 Å². The molecule has 1 aliphatic heterocycles. The second-order valence-electron chi connectivity index (χ2n) is 6.06. The van der Waals surface area contributed by atoms with Crippen LogP contribution in [0.25, 0.3) is 0 Å². The Bertz CT molecular complexity index is 1010. The molecule has 2 aromatic rings. The van der Waals surface area contributed by atoms with Crippen LogP contribution in [0.5, 0.6) is 0 Å². The first-order valence-electron chi connectivity index (χ1n) is 7.84. The fourth-order valence-corrected chi connectivity index (χ4v) is 3.45. The third-order valence-corrected chi connectivity index (χ3v) is 5.38. The van der Waals surface area contributed by atoms with Gasteiger partial charge in [-0.05, 0) is 42.5 Å². The molecule has 3 rings (SSSR count). The van der Waals surface area contributed by atoms with E-state index in [1.54, 1.807) is 0 Å². The maximum atomic E-state index is 13.3. The third-order valence-electron chi connectivity index (χ3n) is 4.16. The molecule has 27 heavy (non-hydrogen) atoms. The Kier molecular flexibility index (Phi) is 5.18. The van der Waals surface area contributed by atoms with Crippen molar-refractivity contribution in [2.45, 2.75) is 11.3 Å². The van der Waals surface area contributed by atoms with Gasteiger partial charge in [0, 0.05) is 24.3 Å². The number of amides is 2. The molecule has 1 heterocycles. The number of rotatable bonds is 4. The monoisotopic (exact) mass is 411 g/mol. The summed E-state index contributed by atoms with van der Waals surface area (Å²) in [6, 6.07) is 9.28. The van der Waals surface area contributed by atoms with Gasteiger partial charge in [0.25, 0.3) is 0 Å². The Balaban J connectivity index is 1.69. The van der Waals surface area contributed by atoms with Gasteiger partial charge in [-0.15, -0.1) is 0 Å². The molecule has 7 nitrogen and oxygen atoms in total. The van der Waals surface area contributed by atoms with Crippen molar-refractivity contribution in [2.24, 2.45) is 11.1 Å². The summed E-state index contributed by atoms with van der Waals surface area (Å²) in [5.74, 6) is -1.87. The number of carbonyl (C=O) groups excluding carboxylic acids is 2. The SMILES string of the molecule is NS(=O)(=O)c1ccc(NC(=O)C2CC(=O)N(c3ccc(F)c(Cl)c3)C2)cc1. The van der Waals surface area contributed by atoms with Gasteiger partial charge in [-0.3, -0.25) is 9.59 Å². The first-order valence-corrected chi connectivity index (χ1v) is 9.77. The van der Waals surface area contributed by atoms with E-state index >= 15 is 0 Å². The third kappa shape index (κ3) is 4.26. The number of hydrogen-bond donors (Lipinski definition) is 2. The highest BCUT2D eigenvalue weighted by Gasteiger charge is 2.35. The average molecular weight is 412 g/mol. The molecule has 142 valence electrons. The lowest BCUT2D eigenvalue weighted by Crippen LogP contribution is -2.28. The van der Waals surface area contributed by atoms with Crippen LogP contribution in [0, 0.1) is 11.7 Å². The first-order chi connectivity index (χ1) is 12.6. The van der Waals surface area contributed by atoms with E-state index in [4.69, 9.17) is 16.7 Å². The molecule has 2 aromatic carbocycles. The number of nitrogens with one attached hydrogen (secondary N) is 1. The van der Waals surface area contributed by atoms with Crippen LogP contribution in [0.1, 0.15) is 6.42 Å². The topological polar surface area (TPSA) is 110 Å². The van der Waals surface area contributed by atoms with E-state index < -0.39 is 21.8 Å². The lowest BCUT2D eigenvalue weighted by atomic mass is 10.1. The maximum absolute atomic E-state index is 13.3. The molecule has 0 spiro atoms. The molecule has 0 aromatic heterocycles. The molecule has 1 atom stereocenters. The Hall–Kier alpha value is -2.49. The van der Waals surface area contributed by atoms with Crippen LogP contribution in [-0.2, 0) is 19.6 Å². The summed E-state index contributed by atoms with van der Waals surface area (Å²) in [7, 11) is -3.82. The highest BCUT2D eigenvalue weighted by molar-refractivity contribution is 7.89. The Morgan fingerprint density at radius 1 is 1.22 bits per heavy atom. The minimum absolute atomic E-state index is 0.00388. The molecule has 0 bridgehead atoms. The molecular weight excluding hydrogens is 397 g/mol. The highest BCUT2D eigenvalue weighted by atomic mass is 35.5. The summed E-state index contributed by atoms with van der Waals surface area (Å²) >= 11 is 5.75. The van der Waals surface area contributed by atoms with Crippen LogP contribution in [0.4, 0.5) is 15.8 Å². The largest absolute Gasteiger partial charge is 0.326 e. The smallest absolute Gasteiger partial charge is 0.238 e. The zero-order valence-electron chi connectivity index (χ0n) is 13.9. The van der Waals surface area contributed by atoms with Gasteiger partial charge in [0.1, 0.15) is 5.82 Å². The van der Waals surface area contributed by atoms with Gasteiger partial charge in [-0.1, -0.05) is 11.6 Å². The van der Waals surface area contributed by atoms with Gasteiger partial charge in [-0.25, -0.2) is 17.9 Å². The number of sulfonamides is 1. The summed E-state index contributed by atoms with van der Waals surface area (Å²) in [5.41, 5.74) is 0.794. The number of nitrogens with two attached hydrogens (primary N) is 1. The van der Waals surface area contributed by atoms with Crippen LogP contribution in [0.3, 0.4) is 0 Å². The molecule has 2 amide bonds. The summed E-state index contributed by atoms with van der Waals surface area (Å²) in [6.07, 6.45) is -0.00388. The van der Waals surface area contributed by atoms with Crippen molar-refractivity contribution in [1.82, 2.24) is 0 Å². The Labute approximate surface area is 160 Å². The van der Waals surface area contributed by atoms with Crippen molar-refractivity contribution in [3.8, 4) is 0 Å². The predicted octanol–water partition coefficient (Wildman–Crippen LogP) is 2.12. The van der Waals surface area contributed by atoms with Gasteiger partial charge < -0.3 is 10.2 Å². The second kappa shape index (κ2) is 7.26. The Morgan fingerprint density at radius 2 is 1.89 bits per heavy atom. The molecule has 10 heteroatoms. The fraction of sp³-hybridized carbons (Fsp3) is 0.176. The van der Waals surface area contributed by atoms with Crippen LogP contribution >= 0.6 is 11.6 Å². The van der Waals surface area contributed by atoms with E-state index in [1.807, 2.05) is 0 Å². The van der Waals surface area contributed by atoms with Crippen LogP contribution in [-0.4, -0.2) is 26.8 Å². The van der Waals surface area contributed by atoms with Crippen LogP contribution in [0.2, 0.25) is 5.02 Å². The molecule has 0 aliphatic carbocycles. The van der Waals surface area contributed by atoms with Crippen LogP contribution in [0.15, 0.2) is 47.4 Å². The molecule has 0 saturated carbocycles. The minimum atomic E-state index is -3.82. The fourth-order valence-electron chi connectivity index (χ4n) is 2.76. The molecule has 1 aliphatic rings. The summed E-state index contributed by atoms with van der Waals surface area (Å²) in [6.45, 7) is 0.127. The Morgan fingerprint density at radius 3 is 2.48 bits per heavy atom. The number of halogens is 2. The van der Waals surface area contributed by atoms with E-state index in [9.17, 15) is 22.4 Å². The maximum Gasteiger partial charge on any atom is 0.238 e. The molecule has 1 saturated heterocycles.